The lowest BCUT2D eigenvalue weighted by Crippen LogP contribution is -2.02. The zero-order chi connectivity index (χ0) is 10.5. The summed E-state index contributed by atoms with van der Waals surface area (Å²) in [5.41, 5.74) is 7.15. The van der Waals surface area contributed by atoms with Crippen molar-refractivity contribution >= 4 is 17.4 Å². The predicted molar refractivity (Wildman–Crippen MR) is 56.5 cm³/mol. The molecule has 0 fully saturated rings. The first-order valence-corrected chi connectivity index (χ1v) is 5.40. The highest BCUT2D eigenvalue weighted by Crippen LogP contribution is 2.10. The number of nitrogens with zero attached hydrogens (tertiary/aromatic N) is 3. The molecule has 3 N–H and O–H groups in total. The molecule has 0 bridgehead atoms. The van der Waals surface area contributed by atoms with Crippen molar-refractivity contribution in [1.82, 2.24) is 15.2 Å². The molecule has 2 aromatic heterocycles. The van der Waals surface area contributed by atoms with Gasteiger partial charge in [-0.2, -0.15) is 0 Å². The van der Waals surface area contributed by atoms with Crippen LogP contribution in [0, 0.1) is 0 Å². The van der Waals surface area contributed by atoms with Crippen molar-refractivity contribution in [1.29, 1.82) is 0 Å². The normalized spacial score (nSPS) is 10.5. The van der Waals surface area contributed by atoms with Crippen molar-refractivity contribution < 1.29 is 4.42 Å². The molecule has 0 aromatic carbocycles. The predicted octanol–water partition coefficient (Wildman–Crippen LogP) is 0.639. The molecule has 15 heavy (non-hydrogen) atoms. The van der Waals surface area contributed by atoms with Crippen LogP contribution in [0.1, 0.15) is 10.8 Å². The molecule has 0 spiro atoms. The molecule has 0 aliphatic carbocycles. The van der Waals surface area contributed by atoms with E-state index >= 15 is 0 Å². The summed E-state index contributed by atoms with van der Waals surface area (Å²) in [5, 5.41) is 10.7. The summed E-state index contributed by atoms with van der Waals surface area (Å²) in [5.74, 6) is 0.560. The standard InChI is InChI=1S/C8H11N5OS/c9-2-1-7-12-13-8(14-7)11-4-6-3-10-5-15-6/h3,5H,1-2,4,9H2,(H,11,13). The van der Waals surface area contributed by atoms with Crippen molar-refractivity contribution in [3.63, 3.8) is 0 Å². The second-order valence-electron chi connectivity index (χ2n) is 2.86. The molecule has 0 saturated carbocycles. The number of hydrogen-bond acceptors (Lipinski definition) is 7. The zero-order valence-corrected chi connectivity index (χ0v) is 8.83. The molecule has 0 radical (unpaired) electrons. The van der Waals surface area contributed by atoms with Crippen LogP contribution in [0.5, 0.6) is 0 Å². The van der Waals surface area contributed by atoms with Gasteiger partial charge in [0.25, 0.3) is 0 Å². The third-order valence-electron chi connectivity index (χ3n) is 1.72. The van der Waals surface area contributed by atoms with Crippen LogP contribution in [0.25, 0.3) is 0 Å². The van der Waals surface area contributed by atoms with Gasteiger partial charge in [-0.25, -0.2) is 0 Å². The van der Waals surface area contributed by atoms with E-state index in [4.69, 9.17) is 10.2 Å². The Morgan fingerprint density at radius 3 is 3.13 bits per heavy atom. The smallest absolute Gasteiger partial charge is 0.315 e. The van der Waals surface area contributed by atoms with Crippen LogP contribution in [0.4, 0.5) is 6.01 Å². The maximum atomic E-state index is 5.37. The van der Waals surface area contributed by atoms with Gasteiger partial charge >= 0.3 is 6.01 Å². The molecule has 2 rings (SSSR count). The van der Waals surface area contributed by atoms with E-state index < -0.39 is 0 Å². The van der Waals surface area contributed by atoms with Crippen LogP contribution < -0.4 is 11.1 Å². The van der Waals surface area contributed by atoms with Gasteiger partial charge in [0, 0.05) is 24.0 Å². The molecule has 2 heterocycles. The molecule has 0 amide bonds. The Morgan fingerprint density at radius 1 is 1.47 bits per heavy atom. The highest BCUT2D eigenvalue weighted by atomic mass is 32.1. The van der Waals surface area contributed by atoms with Crippen LogP contribution >= 0.6 is 11.3 Å². The summed E-state index contributed by atoms with van der Waals surface area (Å²) in [6, 6.07) is 0.423. The fourth-order valence-electron chi connectivity index (χ4n) is 1.04. The second kappa shape index (κ2) is 4.85. The van der Waals surface area contributed by atoms with Crippen LogP contribution in [-0.4, -0.2) is 21.7 Å². The van der Waals surface area contributed by atoms with Crippen molar-refractivity contribution in [3.8, 4) is 0 Å². The third kappa shape index (κ3) is 2.74. The van der Waals surface area contributed by atoms with Crippen LogP contribution in [0.15, 0.2) is 16.1 Å². The summed E-state index contributed by atoms with van der Waals surface area (Å²) in [6.07, 6.45) is 2.41. The maximum absolute atomic E-state index is 5.37. The zero-order valence-electron chi connectivity index (χ0n) is 8.01. The first-order valence-electron chi connectivity index (χ1n) is 4.52. The number of anilines is 1. The SMILES string of the molecule is NCCc1nnc(NCc2cncs2)o1. The second-order valence-corrected chi connectivity index (χ2v) is 3.83. The summed E-state index contributed by atoms with van der Waals surface area (Å²) in [4.78, 5) is 5.08. The van der Waals surface area contributed by atoms with Crippen molar-refractivity contribution in [2.24, 2.45) is 5.73 Å². The number of aromatic nitrogens is 3. The lowest BCUT2D eigenvalue weighted by Gasteiger charge is -1.96. The Hall–Kier alpha value is -1.47. The minimum atomic E-state index is 0.423. The minimum Gasteiger partial charge on any atom is -0.408 e. The van der Waals surface area contributed by atoms with E-state index in [0.717, 1.165) is 4.88 Å². The van der Waals surface area contributed by atoms with Gasteiger partial charge in [-0.15, -0.1) is 16.4 Å². The van der Waals surface area contributed by atoms with Crippen molar-refractivity contribution in [2.75, 3.05) is 11.9 Å². The van der Waals surface area contributed by atoms with E-state index in [9.17, 15) is 0 Å². The Labute approximate surface area is 90.5 Å². The fourth-order valence-corrected chi connectivity index (χ4v) is 1.58. The third-order valence-corrected chi connectivity index (χ3v) is 2.50. The molecule has 0 aliphatic rings. The molecule has 6 nitrogen and oxygen atoms in total. The topological polar surface area (TPSA) is 89.9 Å². The van der Waals surface area contributed by atoms with Gasteiger partial charge in [-0.05, 0) is 0 Å². The molecule has 0 atom stereocenters. The Balaban J connectivity index is 1.88. The summed E-state index contributed by atoms with van der Waals surface area (Å²) < 4.78 is 5.29. The minimum absolute atomic E-state index is 0.423. The van der Waals surface area contributed by atoms with Gasteiger partial charge in [-0.3, -0.25) is 4.98 Å². The van der Waals surface area contributed by atoms with Gasteiger partial charge in [-0.1, -0.05) is 5.10 Å². The Morgan fingerprint density at radius 2 is 2.40 bits per heavy atom. The lowest BCUT2D eigenvalue weighted by atomic mass is 10.4. The average molecular weight is 225 g/mol. The number of nitrogens with one attached hydrogen (secondary N) is 1. The highest BCUT2D eigenvalue weighted by Gasteiger charge is 2.04. The summed E-state index contributed by atoms with van der Waals surface area (Å²) >= 11 is 1.58. The van der Waals surface area contributed by atoms with E-state index in [1.54, 1.807) is 23.0 Å². The molecular weight excluding hydrogens is 214 g/mol. The average Bonchev–Trinajstić information content (AvgIpc) is 2.85. The van der Waals surface area contributed by atoms with Gasteiger partial charge in [0.2, 0.25) is 5.89 Å². The van der Waals surface area contributed by atoms with E-state index in [-0.39, 0.29) is 0 Å². The monoisotopic (exact) mass is 225 g/mol. The molecule has 0 aliphatic heterocycles. The molecular formula is C8H11N5OS. The van der Waals surface area contributed by atoms with Crippen molar-refractivity contribution in [2.45, 2.75) is 13.0 Å². The van der Waals surface area contributed by atoms with Gasteiger partial charge in [0.1, 0.15) is 0 Å². The van der Waals surface area contributed by atoms with Crippen molar-refractivity contribution in [3.05, 3.63) is 22.5 Å². The van der Waals surface area contributed by atoms with Crippen LogP contribution in [-0.2, 0) is 13.0 Å². The largest absolute Gasteiger partial charge is 0.408 e. The van der Waals surface area contributed by atoms with Gasteiger partial charge < -0.3 is 15.5 Å². The van der Waals surface area contributed by atoms with E-state index in [1.807, 2.05) is 0 Å². The fraction of sp³-hybridized carbons (Fsp3) is 0.375. The van der Waals surface area contributed by atoms with Crippen LogP contribution in [0.3, 0.4) is 0 Å². The first-order chi connectivity index (χ1) is 7.38. The molecule has 0 unspecified atom stereocenters. The molecule has 2 aromatic rings. The highest BCUT2D eigenvalue weighted by molar-refractivity contribution is 7.09. The van der Waals surface area contributed by atoms with Gasteiger partial charge in [0.15, 0.2) is 0 Å². The molecule has 80 valence electrons. The first kappa shape index (κ1) is 10.1. The van der Waals surface area contributed by atoms with E-state index in [1.165, 1.54) is 0 Å². The van der Waals surface area contributed by atoms with Crippen LogP contribution in [0.2, 0.25) is 0 Å². The summed E-state index contributed by atoms with van der Waals surface area (Å²) in [6.45, 7) is 1.16. The number of rotatable bonds is 5. The Kier molecular flexibility index (Phi) is 3.25. The molecule has 0 saturated heterocycles. The number of hydrogen-bond donors (Lipinski definition) is 2. The van der Waals surface area contributed by atoms with E-state index in [2.05, 4.69) is 20.5 Å². The Bertz CT molecular complexity index is 399. The lowest BCUT2D eigenvalue weighted by molar-refractivity contribution is 0.506. The number of thiazole rings is 1. The maximum Gasteiger partial charge on any atom is 0.315 e. The quantitative estimate of drug-likeness (QED) is 0.776. The summed E-state index contributed by atoms with van der Waals surface area (Å²) in [7, 11) is 0. The number of nitrogens with two attached hydrogens (primary N) is 1. The van der Waals surface area contributed by atoms with E-state index in [0.29, 0.717) is 31.4 Å². The van der Waals surface area contributed by atoms with Gasteiger partial charge in [0.05, 0.1) is 12.1 Å². The molecule has 7 heteroatoms.